The molecule has 0 aliphatic carbocycles. The van der Waals surface area contributed by atoms with E-state index in [2.05, 4.69) is 16.0 Å². The van der Waals surface area contributed by atoms with Gasteiger partial charge in [0.15, 0.2) is 0 Å². The van der Waals surface area contributed by atoms with E-state index in [1.807, 2.05) is 36.4 Å². The van der Waals surface area contributed by atoms with Crippen LogP contribution in [0.1, 0.15) is 48.6 Å². The number of amides is 1. The lowest BCUT2D eigenvalue weighted by molar-refractivity contribution is -0.125. The number of benzene rings is 1. The molecular weight excluding hydrogens is 508 g/mol. The van der Waals surface area contributed by atoms with Crippen LogP contribution in [0.15, 0.2) is 65.2 Å². The van der Waals surface area contributed by atoms with Gasteiger partial charge in [-0.25, -0.2) is 0 Å². The Balaban J connectivity index is 1.90. The number of methoxy groups -OCH3 is 2. The lowest BCUT2D eigenvalue weighted by atomic mass is 9.73. The Morgan fingerprint density at radius 3 is 2.52 bits per heavy atom. The minimum atomic E-state index is -0.517. The summed E-state index contributed by atoms with van der Waals surface area (Å²) in [4.78, 5) is 40.1. The average molecular weight is 553 g/mol. The number of nitrogens with zero attached hydrogens (tertiary/aromatic N) is 1. The van der Waals surface area contributed by atoms with Crippen molar-refractivity contribution in [3.05, 3.63) is 81.9 Å². The second-order valence-corrected chi connectivity index (χ2v) is 10.3. The molecule has 0 bridgehead atoms. The van der Waals surface area contributed by atoms with Gasteiger partial charge in [-0.2, -0.15) is 0 Å². The van der Waals surface area contributed by atoms with E-state index >= 15 is 0 Å². The third-order valence-corrected chi connectivity index (χ3v) is 7.42. The van der Waals surface area contributed by atoms with Gasteiger partial charge in [0.05, 0.1) is 0 Å². The van der Waals surface area contributed by atoms with Crippen molar-refractivity contribution in [3.63, 3.8) is 0 Å². The highest BCUT2D eigenvalue weighted by Gasteiger charge is 2.37. The molecule has 40 heavy (non-hydrogen) atoms. The summed E-state index contributed by atoms with van der Waals surface area (Å²) < 4.78 is 11.8. The number of piperidine rings is 1. The highest BCUT2D eigenvalue weighted by Crippen LogP contribution is 2.36. The number of hydrogen-bond acceptors (Lipinski definition) is 7. The predicted molar refractivity (Wildman–Crippen MR) is 156 cm³/mol. The van der Waals surface area contributed by atoms with Crippen molar-refractivity contribution in [1.82, 2.24) is 20.5 Å². The quantitative estimate of drug-likeness (QED) is 0.217. The zero-order valence-electron chi connectivity index (χ0n) is 24.0. The van der Waals surface area contributed by atoms with Gasteiger partial charge < -0.3 is 30.0 Å². The summed E-state index contributed by atoms with van der Waals surface area (Å²) in [5.41, 5.74) is 2.20. The Hall–Kier alpha value is -3.27. The number of carbonyl (C=O) groups excluding carboxylic acids is 2. The van der Waals surface area contributed by atoms with Gasteiger partial charge in [-0.3, -0.25) is 14.4 Å². The third-order valence-electron chi connectivity index (χ3n) is 7.42. The third kappa shape index (κ3) is 9.15. The molecule has 1 aromatic heterocycles. The van der Waals surface area contributed by atoms with Crippen LogP contribution < -0.4 is 21.5 Å². The lowest BCUT2D eigenvalue weighted by Crippen LogP contribution is -2.42. The smallest absolute Gasteiger partial charge is 0.250 e. The molecule has 3 N–H and O–H groups in total. The van der Waals surface area contributed by atoms with Gasteiger partial charge in [0.1, 0.15) is 5.78 Å². The first kappa shape index (κ1) is 31.3. The molecule has 1 aliphatic rings. The highest BCUT2D eigenvalue weighted by atomic mass is 16.5. The van der Waals surface area contributed by atoms with Crippen molar-refractivity contribution in [3.8, 4) is 0 Å². The van der Waals surface area contributed by atoms with Crippen LogP contribution in [-0.4, -0.2) is 69.9 Å². The fourth-order valence-corrected chi connectivity index (χ4v) is 5.16. The van der Waals surface area contributed by atoms with Crippen LogP contribution >= 0.6 is 0 Å². The van der Waals surface area contributed by atoms with Crippen molar-refractivity contribution >= 4 is 11.7 Å². The molecule has 1 aliphatic heterocycles. The highest BCUT2D eigenvalue weighted by molar-refractivity contribution is 5.96. The Morgan fingerprint density at radius 2 is 1.82 bits per heavy atom. The van der Waals surface area contributed by atoms with E-state index in [9.17, 15) is 14.4 Å². The minimum absolute atomic E-state index is 0.0709. The van der Waals surface area contributed by atoms with Gasteiger partial charge in [0, 0.05) is 90.0 Å². The molecule has 1 aromatic carbocycles. The molecule has 0 spiro atoms. The number of ketones is 1. The summed E-state index contributed by atoms with van der Waals surface area (Å²) in [5, 5.41) is 9.60. The van der Waals surface area contributed by atoms with Gasteiger partial charge in [-0.1, -0.05) is 30.3 Å². The molecule has 2 aromatic rings. The van der Waals surface area contributed by atoms with Crippen molar-refractivity contribution in [1.29, 1.82) is 0 Å². The molecule has 218 valence electrons. The molecule has 3 atom stereocenters. The fourth-order valence-electron chi connectivity index (χ4n) is 5.16. The molecular formula is C31H44N4O5. The first-order valence-electron chi connectivity index (χ1n) is 14.1. The molecule has 1 amide bonds. The maximum Gasteiger partial charge on any atom is 0.250 e. The van der Waals surface area contributed by atoms with Crippen molar-refractivity contribution in [2.45, 2.75) is 37.5 Å². The van der Waals surface area contributed by atoms with Crippen LogP contribution in [0.25, 0.3) is 0 Å². The molecule has 0 saturated carbocycles. The molecule has 1 unspecified atom stereocenters. The minimum Gasteiger partial charge on any atom is -0.390 e. The van der Waals surface area contributed by atoms with Crippen molar-refractivity contribution < 1.29 is 19.1 Å². The van der Waals surface area contributed by atoms with E-state index in [4.69, 9.17) is 9.47 Å². The van der Waals surface area contributed by atoms with Gasteiger partial charge >= 0.3 is 0 Å². The average Bonchev–Trinajstić information content (AvgIpc) is 2.98. The van der Waals surface area contributed by atoms with Gasteiger partial charge in [-0.05, 0) is 55.3 Å². The molecule has 9 heteroatoms. The van der Waals surface area contributed by atoms with Gasteiger partial charge in [0.25, 0.3) is 5.56 Å². The number of nitrogens with one attached hydrogen (secondary N) is 3. The van der Waals surface area contributed by atoms with E-state index in [0.29, 0.717) is 44.8 Å². The zero-order valence-corrected chi connectivity index (χ0v) is 24.0. The van der Waals surface area contributed by atoms with Crippen molar-refractivity contribution in [2.75, 3.05) is 53.6 Å². The van der Waals surface area contributed by atoms with E-state index in [1.165, 1.54) is 4.57 Å². The topological polar surface area (TPSA) is 111 Å². The summed E-state index contributed by atoms with van der Waals surface area (Å²) in [6.07, 6.45) is 6.01. The maximum absolute atomic E-state index is 14.4. The number of hydrogen-bond donors (Lipinski definition) is 3. The number of aromatic nitrogens is 1. The SMILES string of the molecule is COCCCN/C=C(/CC(C(=O)[C@H]1CNCC[C@@H]1c1ccn(C)c(=O)c1)c1ccccc1)C(=O)NCCCOC. The number of carbonyl (C=O) groups is 2. The number of rotatable bonds is 16. The first-order chi connectivity index (χ1) is 19.5. The van der Waals surface area contributed by atoms with E-state index in [0.717, 1.165) is 30.5 Å². The van der Waals surface area contributed by atoms with E-state index in [1.54, 1.807) is 39.7 Å². The summed E-state index contributed by atoms with van der Waals surface area (Å²) in [6, 6.07) is 13.3. The number of aryl methyl sites for hydroxylation is 1. The van der Waals surface area contributed by atoms with E-state index in [-0.39, 0.29) is 35.5 Å². The summed E-state index contributed by atoms with van der Waals surface area (Å²) in [7, 11) is 5.01. The van der Waals surface area contributed by atoms with Gasteiger partial charge in [-0.15, -0.1) is 0 Å². The standard InChI is InChI=1S/C31H44N4O5/c1-35-16-12-24(20-29(35)36)26-11-15-33-22-28(26)30(37)27(23-9-5-4-6-10-23)19-25(21-32-13-7-17-39-2)31(38)34-14-8-18-40-3/h4-6,9-10,12,16,20-21,26-28,32-33H,7-8,11,13-15,17-19,22H2,1-3H3,(H,34,38)/b25-21-/t26-,27?,28+/m1/s1. The zero-order chi connectivity index (χ0) is 28.7. The normalized spacial score (nSPS) is 18.2. The summed E-state index contributed by atoms with van der Waals surface area (Å²) in [5.74, 6) is -1.05. The van der Waals surface area contributed by atoms with Crippen molar-refractivity contribution in [2.24, 2.45) is 13.0 Å². The maximum atomic E-state index is 14.4. The van der Waals surface area contributed by atoms with Crippen LogP contribution in [0.2, 0.25) is 0 Å². The largest absolute Gasteiger partial charge is 0.390 e. The molecule has 2 heterocycles. The van der Waals surface area contributed by atoms with Crippen LogP contribution in [0.3, 0.4) is 0 Å². The van der Waals surface area contributed by atoms with Gasteiger partial charge in [0.2, 0.25) is 5.91 Å². The second-order valence-electron chi connectivity index (χ2n) is 10.3. The lowest BCUT2D eigenvalue weighted by Gasteiger charge is -2.34. The fraction of sp³-hybridized carbons (Fsp3) is 0.516. The Labute approximate surface area is 237 Å². The Kier molecular flexibility index (Phi) is 13.1. The first-order valence-corrected chi connectivity index (χ1v) is 14.1. The number of ether oxygens (including phenoxy) is 2. The van der Waals surface area contributed by atoms with Crippen LogP contribution in [0, 0.1) is 5.92 Å². The Bertz CT molecular complexity index is 1160. The molecule has 1 fully saturated rings. The molecule has 3 rings (SSSR count). The van der Waals surface area contributed by atoms with Crippen LogP contribution in [-0.2, 0) is 26.1 Å². The second kappa shape index (κ2) is 16.7. The number of Topliss-reactive ketones (excluding diaryl/α,β-unsaturated/α-hetero) is 1. The van der Waals surface area contributed by atoms with E-state index < -0.39 is 5.92 Å². The number of pyridine rings is 1. The van der Waals surface area contributed by atoms with Crippen LogP contribution in [0.4, 0.5) is 0 Å². The molecule has 9 nitrogen and oxygen atoms in total. The summed E-state index contributed by atoms with van der Waals surface area (Å²) in [6.45, 7) is 3.60. The van der Waals surface area contributed by atoms with Crippen LogP contribution in [0.5, 0.6) is 0 Å². The molecule has 0 radical (unpaired) electrons. The monoisotopic (exact) mass is 552 g/mol. The molecule has 1 saturated heterocycles. The Morgan fingerprint density at radius 1 is 1.10 bits per heavy atom. The predicted octanol–water partition coefficient (Wildman–Crippen LogP) is 2.48. The summed E-state index contributed by atoms with van der Waals surface area (Å²) >= 11 is 0.